The van der Waals surface area contributed by atoms with Crippen LogP contribution in [-0.4, -0.2) is 62.3 Å². The van der Waals surface area contributed by atoms with Crippen molar-refractivity contribution in [1.29, 1.82) is 0 Å². The highest BCUT2D eigenvalue weighted by molar-refractivity contribution is 7.84. The fourth-order valence-corrected chi connectivity index (χ4v) is 3.49. The number of halogens is 3. The van der Waals surface area contributed by atoms with E-state index < -0.39 is 43.9 Å². The Hall–Kier alpha value is -2.12. The normalized spacial score (nSPS) is 16.6. The standard InChI is InChI=1S/C15H15Cl3N4O7S/c16-15(17,18)13(25)21(14(19)26)6-9-3-1-8(2-4-9)5-11(23)20-10-7-22(12(10)24)30(27,28)29/h1-4,10H,5-7H2,(H2,19,26)(H,20,23)(H,27,28,29). The van der Waals surface area contributed by atoms with Gasteiger partial charge in [-0.1, -0.05) is 59.1 Å². The van der Waals surface area contributed by atoms with Crippen LogP contribution in [0.15, 0.2) is 24.3 Å². The summed E-state index contributed by atoms with van der Waals surface area (Å²) in [7, 11) is -4.63. The van der Waals surface area contributed by atoms with Gasteiger partial charge in [0.25, 0.3) is 15.6 Å². The summed E-state index contributed by atoms with van der Waals surface area (Å²) >= 11 is 16.5. The number of nitrogens with two attached hydrogens (primary N) is 1. The lowest BCUT2D eigenvalue weighted by atomic mass is 10.1. The fraction of sp³-hybridized carbons (Fsp3) is 0.333. The highest BCUT2D eigenvalue weighted by Gasteiger charge is 2.44. The lowest BCUT2D eigenvalue weighted by Crippen LogP contribution is -2.65. The third-order valence-electron chi connectivity index (χ3n) is 3.99. The molecular formula is C15H15Cl3N4O7S. The fourth-order valence-electron chi connectivity index (χ4n) is 2.49. The van der Waals surface area contributed by atoms with Gasteiger partial charge in [0.05, 0.1) is 19.5 Å². The summed E-state index contributed by atoms with van der Waals surface area (Å²) in [5.41, 5.74) is 6.12. The molecular weight excluding hydrogens is 487 g/mol. The second-order valence-corrected chi connectivity index (χ2v) is 9.81. The van der Waals surface area contributed by atoms with Crippen molar-refractivity contribution in [3.05, 3.63) is 35.4 Å². The van der Waals surface area contributed by atoms with Gasteiger partial charge in [0.1, 0.15) is 6.04 Å². The SMILES string of the molecule is NC(=O)N(Cc1ccc(CC(=O)NC2CN(S(=O)(=O)O)C2=O)cc1)C(=O)C(Cl)(Cl)Cl. The van der Waals surface area contributed by atoms with Crippen molar-refractivity contribution in [2.45, 2.75) is 22.8 Å². The first-order valence-electron chi connectivity index (χ1n) is 8.04. The van der Waals surface area contributed by atoms with E-state index in [9.17, 15) is 27.6 Å². The van der Waals surface area contributed by atoms with Gasteiger partial charge in [0, 0.05) is 0 Å². The van der Waals surface area contributed by atoms with Gasteiger partial charge in [0.2, 0.25) is 5.91 Å². The van der Waals surface area contributed by atoms with E-state index in [1.54, 1.807) is 0 Å². The van der Waals surface area contributed by atoms with Crippen LogP contribution in [0.2, 0.25) is 0 Å². The number of benzene rings is 1. The first-order chi connectivity index (χ1) is 13.7. The quantitative estimate of drug-likeness (QED) is 0.283. The first-order valence-corrected chi connectivity index (χ1v) is 10.6. The summed E-state index contributed by atoms with van der Waals surface area (Å²) in [4.78, 5) is 47.6. The summed E-state index contributed by atoms with van der Waals surface area (Å²) in [5.74, 6) is -2.61. The number of hydrogen-bond acceptors (Lipinski definition) is 6. The second-order valence-electron chi connectivity index (χ2n) is 6.19. The molecule has 4 N–H and O–H groups in total. The minimum atomic E-state index is -4.63. The molecule has 1 heterocycles. The smallest absolute Gasteiger partial charge is 0.351 e. The van der Waals surface area contributed by atoms with Crippen LogP contribution < -0.4 is 11.1 Å². The largest absolute Gasteiger partial charge is 0.362 e. The van der Waals surface area contributed by atoms with Crippen LogP contribution in [-0.2, 0) is 37.7 Å². The summed E-state index contributed by atoms with van der Waals surface area (Å²) < 4.78 is 28.4. The third kappa shape index (κ3) is 5.95. The third-order valence-corrected chi connectivity index (χ3v) is 5.36. The second kappa shape index (κ2) is 8.94. The van der Waals surface area contributed by atoms with Gasteiger partial charge in [-0.25, -0.2) is 9.10 Å². The van der Waals surface area contributed by atoms with Gasteiger partial charge in [-0.05, 0) is 11.1 Å². The van der Waals surface area contributed by atoms with Crippen LogP contribution in [0.3, 0.4) is 0 Å². The molecule has 15 heteroatoms. The number of carbonyl (C=O) groups is 4. The summed E-state index contributed by atoms with van der Waals surface area (Å²) in [6.07, 6.45) is -0.136. The number of alkyl halides is 3. The summed E-state index contributed by atoms with van der Waals surface area (Å²) in [5, 5.41) is 2.35. The van der Waals surface area contributed by atoms with Gasteiger partial charge in [-0.15, -0.1) is 0 Å². The zero-order valence-electron chi connectivity index (χ0n) is 14.9. The first kappa shape index (κ1) is 24.2. The van der Waals surface area contributed by atoms with Crippen molar-refractivity contribution in [2.75, 3.05) is 6.54 Å². The van der Waals surface area contributed by atoms with Crippen LogP contribution >= 0.6 is 34.8 Å². The molecule has 0 aliphatic carbocycles. The molecule has 0 spiro atoms. The molecule has 1 aliphatic rings. The number of primary amides is 1. The molecule has 1 atom stereocenters. The predicted octanol–water partition coefficient (Wildman–Crippen LogP) is 0.136. The topological polar surface area (TPSA) is 167 Å². The lowest BCUT2D eigenvalue weighted by Gasteiger charge is -2.35. The van der Waals surface area contributed by atoms with Gasteiger partial charge < -0.3 is 11.1 Å². The number of imide groups is 1. The van der Waals surface area contributed by atoms with Crippen molar-refractivity contribution in [1.82, 2.24) is 14.5 Å². The van der Waals surface area contributed by atoms with Crippen molar-refractivity contribution in [3.63, 3.8) is 0 Å². The minimum Gasteiger partial charge on any atom is -0.351 e. The van der Waals surface area contributed by atoms with Crippen molar-refractivity contribution >= 4 is 68.9 Å². The van der Waals surface area contributed by atoms with Crippen molar-refractivity contribution in [2.24, 2.45) is 5.73 Å². The molecule has 0 bridgehead atoms. The van der Waals surface area contributed by atoms with E-state index >= 15 is 0 Å². The Morgan fingerprint density at radius 1 is 1.20 bits per heavy atom. The Kier molecular flexibility index (Phi) is 7.20. The Morgan fingerprint density at radius 3 is 2.17 bits per heavy atom. The Balaban J connectivity index is 1.94. The molecule has 2 rings (SSSR count). The zero-order valence-corrected chi connectivity index (χ0v) is 18.0. The number of nitrogens with one attached hydrogen (secondary N) is 1. The Bertz CT molecular complexity index is 979. The lowest BCUT2D eigenvalue weighted by molar-refractivity contribution is -0.140. The average molecular weight is 502 g/mol. The van der Waals surface area contributed by atoms with Crippen LogP contribution in [0, 0.1) is 0 Å². The van der Waals surface area contributed by atoms with Crippen LogP contribution in [0.5, 0.6) is 0 Å². The van der Waals surface area contributed by atoms with Gasteiger partial charge >= 0.3 is 16.3 Å². The number of hydrogen-bond donors (Lipinski definition) is 3. The average Bonchev–Trinajstić information content (AvgIpc) is 2.61. The molecule has 11 nitrogen and oxygen atoms in total. The number of urea groups is 1. The Morgan fingerprint density at radius 2 is 1.73 bits per heavy atom. The molecule has 5 amide bonds. The molecule has 1 aromatic carbocycles. The van der Waals surface area contributed by atoms with Gasteiger partial charge in [-0.3, -0.25) is 23.8 Å². The summed E-state index contributed by atoms with van der Waals surface area (Å²) in [6.45, 7) is -0.626. The number of β-lactam (4-membered cyclic amide) rings is 1. The van der Waals surface area contributed by atoms with Crippen LogP contribution in [0.4, 0.5) is 4.79 Å². The van der Waals surface area contributed by atoms with Crippen molar-refractivity contribution < 1.29 is 32.1 Å². The zero-order chi connectivity index (χ0) is 22.9. The number of carbonyl (C=O) groups excluding carboxylic acids is 4. The van der Waals surface area contributed by atoms with Crippen LogP contribution in [0.25, 0.3) is 0 Å². The van der Waals surface area contributed by atoms with E-state index in [4.69, 9.17) is 45.1 Å². The maximum Gasteiger partial charge on any atom is 0.362 e. The van der Waals surface area contributed by atoms with E-state index in [1.807, 2.05) is 0 Å². The monoisotopic (exact) mass is 500 g/mol. The molecule has 0 radical (unpaired) electrons. The molecule has 30 heavy (non-hydrogen) atoms. The van der Waals surface area contributed by atoms with Gasteiger partial charge in [-0.2, -0.15) is 8.42 Å². The number of amides is 5. The molecule has 1 unspecified atom stereocenters. The maximum absolute atomic E-state index is 12.0. The van der Waals surface area contributed by atoms with Crippen LogP contribution in [0.1, 0.15) is 11.1 Å². The molecule has 0 aromatic heterocycles. The molecule has 0 saturated carbocycles. The molecule has 1 aromatic rings. The number of nitrogens with zero attached hydrogens (tertiary/aromatic N) is 2. The van der Waals surface area contributed by atoms with Gasteiger partial charge in [0.15, 0.2) is 0 Å². The molecule has 1 aliphatic heterocycles. The summed E-state index contributed by atoms with van der Waals surface area (Å²) in [6, 6.07) is 3.93. The van der Waals surface area contributed by atoms with E-state index in [0.29, 0.717) is 16.0 Å². The van der Waals surface area contributed by atoms with E-state index in [-0.39, 0.29) is 23.8 Å². The van der Waals surface area contributed by atoms with Crippen molar-refractivity contribution in [3.8, 4) is 0 Å². The highest BCUT2D eigenvalue weighted by atomic mass is 35.6. The van der Waals surface area contributed by atoms with E-state index in [1.165, 1.54) is 24.3 Å². The maximum atomic E-state index is 12.0. The predicted molar refractivity (Wildman–Crippen MR) is 106 cm³/mol. The minimum absolute atomic E-state index is 0.136. The van der Waals surface area contributed by atoms with E-state index in [2.05, 4.69) is 5.32 Å². The molecule has 1 saturated heterocycles. The Labute approximate surface area is 185 Å². The van der Waals surface area contributed by atoms with E-state index in [0.717, 1.165) is 0 Å². The molecule has 1 fully saturated rings. The highest BCUT2D eigenvalue weighted by Crippen LogP contribution is 2.29. The number of rotatable bonds is 6. The molecule has 164 valence electrons.